The molecule has 1 aliphatic carbocycles. The minimum absolute atomic E-state index is 0.0359. The average Bonchev–Trinajstić information content (AvgIpc) is 2.36. The molecule has 1 fully saturated rings. The van der Waals surface area contributed by atoms with Gasteiger partial charge in [-0.1, -0.05) is 33.6 Å². The van der Waals surface area contributed by atoms with E-state index in [1.165, 1.54) is 0 Å². The number of carbonyl (C=O) groups excluding carboxylic acids is 2. The minimum atomic E-state index is -0.301. The SMILES string of the molecule is CN(CC1CCCCC1O)C(=O)CNC(=O)CC(C)(C)C. The van der Waals surface area contributed by atoms with Gasteiger partial charge in [-0.15, -0.1) is 0 Å². The Balaban J connectivity index is 2.32. The van der Waals surface area contributed by atoms with E-state index in [4.69, 9.17) is 0 Å². The van der Waals surface area contributed by atoms with Gasteiger partial charge in [-0.3, -0.25) is 9.59 Å². The van der Waals surface area contributed by atoms with Gasteiger partial charge in [0.15, 0.2) is 0 Å². The molecule has 0 radical (unpaired) electrons. The molecule has 122 valence electrons. The zero-order valence-electron chi connectivity index (χ0n) is 13.8. The van der Waals surface area contributed by atoms with Crippen molar-refractivity contribution in [2.24, 2.45) is 11.3 Å². The highest BCUT2D eigenvalue weighted by molar-refractivity contribution is 5.84. The standard InChI is InChI=1S/C16H30N2O3/c1-16(2,3)9-14(20)17-10-15(21)18(4)11-12-7-5-6-8-13(12)19/h12-13,19H,5-11H2,1-4H3,(H,17,20). The maximum atomic E-state index is 12.0. The summed E-state index contributed by atoms with van der Waals surface area (Å²) in [5, 5.41) is 12.6. The van der Waals surface area contributed by atoms with Crippen LogP contribution in [0.2, 0.25) is 0 Å². The molecule has 0 spiro atoms. The fourth-order valence-corrected chi connectivity index (χ4v) is 2.71. The summed E-state index contributed by atoms with van der Waals surface area (Å²) in [4.78, 5) is 25.4. The normalized spacial score (nSPS) is 22.7. The number of nitrogens with one attached hydrogen (secondary N) is 1. The molecule has 5 nitrogen and oxygen atoms in total. The molecule has 2 N–H and O–H groups in total. The van der Waals surface area contributed by atoms with Crippen LogP contribution in [0, 0.1) is 11.3 Å². The Labute approximate surface area is 128 Å². The smallest absolute Gasteiger partial charge is 0.241 e. The summed E-state index contributed by atoms with van der Waals surface area (Å²) < 4.78 is 0. The lowest BCUT2D eigenvalue weighted by Gasteiger charge is -2.31. The number of amides is 2. The summed E-state index contributed by atoms with van der Waals surface area (Å²) in [5.41, 5.74) is -0.0781. The lowest BCUT2D eigenvalue weighted by Crippen LogP contribution is -2.43. The quantitative estimate of drug-likeness (QED) is 0.809. The largest absolute Gasteiger partial charge is 0.393 e. The number of nitrogens with zero attached hydrogens (tertiary/aromatic N) is 1. The van der Waals surface area contributed by atoms with Gasteiger partial charge in [0.2, 0.25) is 11.8 Å². The van der Waals surface area contributed by atoms with Crippen LogP contribution >= 0.6 is 0 Å². The van der Waals surface area contributed by atoms with Crippen molar-refractivity contribution in [2.75, 3.05) is 20.1 Å². The van der Waals surface area contributed by atoms with Crippen molar-refractivity contribution in [1.29, 1.82) is 0 Å². The summed E-state index contributed by atoms with van der Waals surface area (Å²) in [6.07, 6.45) is 4.09. The highest BCUT2D eigenvalue weighted by Gasteiger charge is 2.25. The lowest BCUT2D eigenvalue weighted by molar-refractivity contribution is -0.133. The number of likely N-dealkylation sites (N-methyl/N-ethyl adjacent to an activating group) is 1. The summed E-state index contributed by atoms with van der Waals surface area (Å²) in [6, 6.07) is 0. The molecular formula is C16H30N2O3. The van der Waals surface area contributed by atoms with Crippen molar-refractivity contribution < 1.29 is 14.7 Å². The van der Waals surface area contributed by atoms with Crippen molar-refractivity contribution in [3.8, 4) is 0 Å². The molecule has 0 aromatic heterocycles. The van der Waals surface area contributed by atoms with Crippen LogP contribution < -0.4 is 5.32 Å². The second kappa shape index (κ2) is 7.78. The third kappa shape index (κ3) is 6.93. The second-order valence-electron chi connectivity index (χ2n) is 7.40. The van der Waals surface area contributed by atoms with E-state index in [0.717, 1.165) is 25.7 Å². The molecule has 2 amide bonds. The zero-order chi connectivity index (χ0) is 16.0. The maximum absolute atomic E-state index is 12.0. The second-order valence-corrected chi connectivity index (χ2v) is 7.40. The molecule has 1 aliphatic rings. The van der Waals surface area contributed by atoms with Gasteiger partial charge in [0, 0.05) is 25.9 Å². The van der Waals surface area contributed by atoms with Crippen molar-refractivity contribution in [1.82, 2.24) is 10.2 Å². The predicted molar refractivity (Wildman–Crippen MR) is 82.7 cm³/mol. The van der Waals surface area contributed by atoms with Gasteiger partial charge in [-0.2, -0.15) is 0 Å². The number of carbonyl (C=O) groups is 2. The van der Waals surface area contributed by atoms with Gasteiger partial charge in [-0.25, -0.2) is 0 Å². The Bertz CT molecular complexity index is 363. The summed E-state index contributed by atoms with van der Waals surface area (Å²) in [5.74, 6) is -0.0324. The predicted octanol–water partition coefficient (Wildman–Crippen LogP) is 1.55. The van der Waals surface area contributed by atoms with Crippen LogP contribution in [-0.4, -0.2) is 48.1 Å². The molecule has 2 atom stereocenters. The Morgan fingerprint density at radius 2 is 1.86 bits per heavy atom. The zero-order valence-corrected chi connectivity index (χ0v) is 13.8. The van der Waals surface area contributed by atoms with E-state index in [1.54, 1.807) is 11.9 Å². The lowest BCUT2D eigenvalue weighted by atomic mass is 9.86. The number of rotatable bonds is 5. The molecule has 0 heterocycles. The molecule has 21 heavy (non-hydrogen) atoms. The van der Waals surface area contributed by atoms with Crippen LogP contribution in [0.15, 0.2) is 0 Å². The van der Waals surface area contributed by atoms with Crippen LogP contribution in [0.4, 0.5) is 0 Å². The molecule has 0 aromatic carbocycles. The molecule has 5 heteroatoms. The van der Waals surface area contributed by atoms with E-state index in [2.05, 4.69) is 5.32 Å². The Hall–Kier alpha value is -1.10. The van der Waals surface area contributed by atoms with Crippen LogP contribution in [0.1, 0.15) is 52.9 Å². The molecule has 0 bridgehead atoms. The van der Waals surface area contributed by atoms with E-state index in [9.17, 15) is 14.7 Å². The molecule has 2 unspecified atom stereocenters. The van der Waals surface area contributed by atoms with E-state index < -0.39 is 0 Å². The van der Waals surface area contributed by atoms with Crippen LogP contribution in [0.5, 0.6) is 0 Å². The first-order chi connectivity index (χ1) is 9.69. The maximum Gasteiger partial charge on any atom is 0.241 e. The first-order valence-electron chi connectivity index (χ1n) is 7.88. The van der Waals surface area contributed by atoms with E-state index in [0.29, 0.717) is 13.0 Å². The van der Waals surface area contributed by atoms with E-state index in [1.807, 2.05) is 20.8 Å². The van der Waals surface area contributed by atoms with Crippen molar-refractivity contribution >= 4 is 11.8 Å². The topological polar surface area (TPSA) is 69.6 Å². The first-order valence-corrected chi connectivity index (χ1v) is 7.88. The van der Waals surface area contributed by atoms with Crippen LogP contribution in [-0.2, 0) is 9.59 Å². The van der Waals surface area contributed by atoms with Gasteiger partial charge in [-0.05, 0) is 18.3 Å². The highest BCUT2D eigenvalue weighted by Crippen LogP contribution is 2.24. The van der Waals surface area contributed by atoms with Gasteiger partial charge < -0.3 is 15.3 Å². The molecule has 0 saturated heterocycles. The van der Waals surface area contributed by atoms with Gasteiger partial charge in [0.1, 0.15) is 0 Å². The monoisotopic (exact) mass is 298 g/mol. The molecule has 0 aliphatic heterocycles. The molecule has 0 aromatic rings. The van der Waals surface area contributed by atoms with Gasteiger partial charge in [0.05, 0.1) is 12.6 Å². The minimum Gasteiger partial charge on any atom is -0.393 e. The van der Waals surface area contributed by atoms with Crippen LogP contribution in [0.3, 0.4) is 0 Å². The fourth-order valence-electron chi connectivity index (χ4n) is 2.71. The first kappa shape index (κ1) is 18.0. The molecular weight excluding hydrogens is 268 g/mol. The van der Waals surface area contributed by atoms with Crippen molar-refractivity contribution in [3.63, 3.8) is 0 Å². The summed E-state index contributed by atoms with van der Waals surface area (Å²) >= 11 is 0. The summed E-state index contributed by atoms with van der Waals surface area (Å²) in [7, 11) is 1.74. The third-order valence-electron chi connectivity index (χ3n) is 3.93. The van der Waals surface area contributed by atoms with Gasteiger partial charge >= 0.3 is 0 Å². The number of aliphatic hydroxyl groups excluding tert-OH is 1. The third-order valence-corrected chi connectivity index (χ3v) is 3.93. The van der Waals surface area contributed by atoms with Crippen molar-refractivity contribution in [2.45, 2.75) is 59.0 Å². The number of hydrogen-bond donors (Lipinski definition) is 2. The number of aliphatic hydroxyl groups is 1. The number of hydrogen-bond acceptors (Lipinski definition) is 3. The van der Waals surface area contributed by atoms with E-state index >= 15 is 0 Å². The Morgan fingerprint density at radius 1 is 1.24 bits per heavy atom. The van der Waals surface area contributed by atoms with Crippen LogP contribution in [0.25, 0.3) is 0 Å². The Kier molecular flexibility index (Phi) is 6.65. The highest BCUT2D eigenvalue weighted by atomic mass is 16.3. The summed E-state index contributed by atoms with van der Waals surface area (Å²) in [6.45, 7) is 6.57. The van der Waals surface area contributed by atoms with Gasteiger partial charge in [0.25, 0.3) is 0 Å². The van der Waals surface area contributed by atoms with E-state index in [-0.39, 0.29) is 35.8 Å². The van der Waals surface area contributed by atoms with Crippen molar-refractivity contribution in [3.05, 3.63) is 0 Å². The fraction of sp³-hybridized carbons (Fsp3) is 0.875. The molecule has 1 saturated carbocycles. The Morgan fingerprint density at radius 3 is 2.43 bits per heavy atom. The molecule has 1 rings (SSSR count). The average molecular weight is 298 g/mol.